The van der Waals surface area contributed by atoms with Gasteiger partial charge in [0.1, 0.15) is 5.60 Å². The molecular formula is C16H19NO. The van der Waals surface area contributed by atoms with Gasteiger partial charge >= 0.3 is 0 Å². The van der Waals surface area contributed by atoms with E-state index in [1.165, 1.54) is 22.4 Å². The van der Waals surface area contributed by atoms with Gasteiger partial charge in [-0.3, -0.25) is 0 Å². The lowest BCUT2D eigenvalue weighted by Gasteiger charge is -2.39. The number of hydrogen-bond donors (Lipinski definition) is 0. The lowest BCUT2D eigenvalue weighted by Crippen LogP contribution is -2.51. The maximum Gasteiger partial charge on any atom is 0.139 e. The first-order valence-corrected chi connectivity index (χ1v) is 6.78. The number of hydrogen-bond acceptors (Lipinski definition) is 2. The van der Waals surface area contributed by atoms with Gasteiger partial charge in [0, 0.05) is 18.3 Å². The van der Waals surface area contributed by atoms with Gasteiger partial charge in [-0.1, -0.05) is 23.8 Å². The summed E-state index contributed by atoms with van der Waals surface area (Å²) in [6, 6.07) is 6.79. The van der Waals surface area contributed by atoms with Crippen LogP contribution < -0.4 is 4.90 Å². The third-order valence-corrected chi connectivity index (χ3v) is 5.33. The van der Waals surface area contributed by atoms with Crippen molar-refractivity contribution in [2.24, 2.45) is 0 Å². The Bertz CT molecular complexity index is 576. The minimum absolute atomic E-state index is 0.146. The maximum absolute atomic E-state index is 6.33. The monoisotopic (exact) mass is 241 g/mol. The molecule has 4 rings (SSSR count). The highest BCUT2D eigenvalue weighted by atomic mass is 16.5. The van der Waals surface area contributed by atoms with Crippen molar-refractivity contribution >= 4 is 5.69 Å². The summed E-state index contributed by atoms with van der Waals surface area (Å²) in [4.78, 5) is 2.47. The molecule has 1 saturated heterocycles. The molecule has 2 heteroatoms. The van der Waals surface area contributed by atoms with E-state index < -0.39 is 0 Å². The summed E-state index contributed by atoms with van der Waals surface area (Å²) < 4.78 is 6.33. The average molecular weight is 241 g/mol. The number of benzene rings is 1. The molecule has 94 valence electrons. The van der Waals surface area contributed by atoms with Gasteiger partial charge in [-0.2, -0.15) is 0 Å². The van der Waals surface area contributed by atoms with Gasteiger partial charge in [-0.25, -0.2) is 0 Å². The van der Waals surface area contributed by atoms with E-state index in [-0.39, 0.29) is 11.1 Å². The molecule has 0 N–H and O–H groups in total. The minimum atomic E-state index is -0.164. The highest BCUT2D eigenvalue weighted by molar-refractivity contribution is 5.71. The fraction of sp³-hybridized carbons (Fsp3) is 0.500. The molecule has 2 heterocycles. The number of aryl methyl sites for hydroxylation is 1. The predicted molar refractivity (Wildman–Crippen MR) is 72.9 cm³/mol. The van der Waals surface area contributed by atoms with E-state index >= 15 is 0 Å². The maximum atomic E-state index is 6.33. The molecule has 2 atom stereocenters. The van der Waals surface area contributed by atoms with Crippen molar-refractivity contribution in [1.29, 1.82) is 0 Å². The summed E-state index contributed by atoms with van der Waals surface area (Å²) in [6.45, 7) is 5.28. The van der Waals surface area contributed by atoms with Crippen LogP contribution in [0.25, 0.3) is 0 Å². The third kappa shape index (κ3) is 0.861. The average Bonchev–Trinajstić information content (AvgIpc) is 2.92. The minimum Gasteiger partial charge on any atom is -0.365 e. The molecule has 0 amide bonds. The van der Waals surface area contributed by atoms with Crippen LogP contribution in [0.15, 0.2) is 29.8 Å². The lowest BCUT2D eigenvalue weighted by atomic mass is 9.77. The van der Waals surface area contributed by atoms with Crippen molar-refractivity contribution in [2.45, 2.75) is 37.8 Å². The first-order chi connectivity index (χ1) is 8.62. The first kappa shape index (κ1) is 10.6. The molecule has 0 radical (unpaired) electrons. The number of fused-ring (bicyclic) bond motifs is 1. The quantitative estimate of drug-likeness (QED) is 0.647. The van der Waals surface area contributed by atoms with Gasteiger partial charge in [0.25, 0.3) is 0 Å². The molecule has 0 bridgehead atoms. The second kappa shape index (κ2) is 3.00. The summed E-state index contributed by atoms with van der Waals surface area (Å²) in [5.41, 5.74) is 5.44. The van der Waals surface area contributed by atoms with E-state index in [1.54, 1.807) is 0 Å². The molecule has 0 aromatic heterocycles. The first-order valence-electron chi connectivity index (χ1n) is 6.78. The summed E-state index contributed by atoms with van der Waals surface area (Å²) in [7, 11) is 2.23. The molecule has 3 aliphatic rings. The summed E-state index contributed by atoms with van der Waals surface area (Å²) in [5, 5.41) is 0. The topological polar surface area (TPSA) is 12.5 Å². The number of ether oxygens (including phenoxy) is 1. The smallest absolute Gasteiger partial charge is 0.139 e. The second-order valence-corrected chi connectivity index (χ2v) is 5.98. The highest BCUT2D eigenvalue weighted by Crippen LogP contribution is 2.64. The fourth-order valence-electron chi connectivity index (χ4n) is 4.41. The van der Waals surface area contributed by atoms with Crippen LogP contribution in [-0.2, 0) is 10.3 Å². The van der Waals surface area contributed by atoms with Crippen molar-refractivity contribution in [1.82, 2.24) is 0 Å². The van der Waals surface area contributed by atoms with Gasteiger partial charge < -0.3 is 9.64 Å². The zero-order valence-electron chi connectivity index (χ0n) is 11.3. The lowest BCUT2D eigenvalue weighted by molar-refractivity contribution is 0.0129. The van der Waals surface area contributed by atoms with Gasteiger partial charge in [0.2, 0.25) is 0 Å². The van der Waals surface area contributed by atoms with Gasteiger partial charge in [-0.15, -0.1) is 0 Å². The molecule has 1 fully saturated rings. The van der Waals surface area contributed by atoms with Crippen LogP contribution >= 0.6 is 0 Å². The van der Waals surface area contributed by atoms with Crippen LogP contribution in [0.3, 0.4) is 0 Å². The zero-order valence-corrected chi connectivity index (χ0v) is 11.3. The van der Waals surface area contributed by atoms with Crippen molar-refractivity contribution in [3.05, 3.63) is 41.0 Å². The SMILES string of the molecule is CC1=CCC23CCOC12c1cc(C)ccc1N3C. The molecule has 2 nitrogen and oxygen atoms in total. The van der Waals surface area contributed by atoms with E-state index in [1.807, 2.05) is 0 Å². The van der Waals surface area contributed by atoms with E-state index in [0.29, 0.717) is 0 Å². The van der Waals surface area contributed by atoms with E-state index in [4.69, 9.17) is 4.74 Å². The molecular weight excluding hydrogens is 222 g/mol. The normalized spacial score (nSPS) is 36.4. The predicted octanol–water partition coefficient (Wildman–Crippen LogP) is 3.15. The highest BCUT2D eigenvalue weighted by Gasteiger charge is 2.67. The number of anilines is 1. The Morgan fingerprint density at radius 3 is 2.94 bits per heavy atom. The Hall–Kier alpha value is -1.28. The molecule has 0 spiro atoms. The summed E-state index contributed by atoms with van der Waals surface area (Å²) >= 11 is 0. The Kier molecular flexibility index (Phi) is 1.77. The van der Waals surface area contributed by atoms with Crippen LogP contribution in [0, 0.1) is 6.92 Å². The standard InChI is InChI=1S/C16H19NO/c1-11-4-5-14-13(10-11)16-12(2)6-7-15(16,17(14)3)8-9-18-16/h4-6,10H,7-9H2,1-3H3. The molecule has 1 aromatic carbocycles. The third-order valence-electron chi connectivity index (χ3n) is 5.33. The van der Waals surface area contributed by atoms with Crippen LogP contribution in [0.2, 0.25) is 0 Å². The summed E-state index contributed by atoms with van der Waals surface area (Å²) in [6.07, 6.45) is 4.62. The number of nitrogens with zero attached hydrogens (tertiary/aromatic N) is 1. The largest absolute Gasteiger partial charge is 0.365 e. The molecule has 1 aliphatic carbocycles. The molecule has 2 aliphatic heterocycles. The van der Waals surface area contributed by atoms with Crippen LogP contribution in [-0.4, -0.2) is 19.2 Å². The van der Waals surface area contributed by atoms with Crippen LogP contribution in [0.5, 0.6) is 0 Å². The molecule has 1 aromatic rings. The van der Waals surface area contributed by atoms with Crippen LogP contribution in [0.4, 0.5) is 5.69 Å². The fourth-order valence-corrected chi connectivity index (χ4v) is 4.41. The van der Waals surface area contributed by atoms with Crippen molar-refractivity contribution < 1.29 is 4.74 Å². The summed E-state index contributed by atoms with van der Waals surface area (Å²) in [5.74, 6) is 0. The number of rotatable bonds is 0. The van der Waals surface area contributed by atoms with Gasteiger partial charge in [-0.05, 0) is 38.3 Å². The van der Waals surface area contributed by atoms with Crippen molar-refractivity contribution in [3.63, 3.8) is 0 Å². The van der Waals surface area contributed by atoms with Gasteiger partial charge in [0.05, 0.1) is 12.1 Å². The Morgan fingerprint density at radius 1 is 1.28 bits per heavy atom. The van der Waals surface area contributed by atoms with E-state index in [0.717, 1.165) is 19.4 Å². The zero-order chi connectivity index (χ0) is 12.5. The van der Waals surface area contributed by atoms with Gasteiger partial charge in [0.15, 0.2) is 0 Å². The Balaban J connectivity index is 2.07. The van der Waals surface area contributed by atoms with E-state index in [2.05, 4.69) is 50.1 Å². The van der Waals surface area contributed by atoms with Crippen LogP contribution in [0.1, 0.15) is 30.9 Å². The Labute approximate surface area is 108 Å². The Morgan fingerprint density at radius 2 is 2.11 bits per heavy atom. The molecule has 2 unspecified atom stereocenters. The number of likely N-dealkylation sites (N-methyl/N-ethyl adjacent to an activating group) is 1. The molecule has 0 saturated carbocycles. The molecule has 18 heavy (non-hydrogen) atoms. The van der Waals surface area contributed by atoms with Crippen molar-refractivity contribution in [3.8, 4) is 0 Å². The second-order valence-electron chi connectivity index (χ2n) is 5.98. The van der Waals surface area contributed by atoms with Crippen molar-refractivity contribution in [2.75, 3.05) is 18.6 Å². The van der Waals surface area contributed by atoms with E-state index in [9.17, 15) is 0 Å².